The zero-order chi connectivity index (χ0) is 18.4. The fourth-order valence-electron chi connectivity index (χ4n) is 2.61. The molecule has 4 heteroatoms. The normalized spacial score (nSPS) is 11.6. The van der Waals surface area contributed by atoms with Crippen LogP contribution in [0, 0.1) is 6.92 Å². The molecule has 1 aromatic heterocycles. The van der Waals surface area contributed by atoms with Gasteiger partial charge in [0.15, 0.2) is 0 Å². The third-order valence-corrected chi connectivity index (χ3v) is 4.14. The number of nitrogens with zero attached hydrogens (tertiary/aromatic N) is 2. The highest BCUT2D eigenvalue weighted by atomic mass is 16.5. The number of hydrogen-bond acceptors (Lipinski definition) is 3. The molecule has 0 saturated carbocycles. The molecule has 0 spiro atoms. The lowest BCUT2D eigenvalue weighted by molar-refractivity contribution is -0.134. The van der Waals surface area contributed by atoms with Crippen LogP contribution in [0.3, 0.4) is 0 Å². The second-order valence-electron chi connectivity index (χ2n) is 7.65. The topological polar surface area (TPSA) is 44.1 Å². The first kappa shape index (κ1) is 19.2. The summed E-state index contributed by atoms with van der Waals surface area (Å²) < 4.78 is 7.39. The molecule has 4 nitrogen and oxygen atoms in total. The molecule has 0 fully saturated rings. The second-order valence-corrected chi connectivity index (χ2v) is 7.65. The smallest absolute Gasteiger partial charge is 0.312 e. The van der Waals surface area contributed by atoms with Gasteiger partial charge in [0.1, 0.15) is 0 Å². The van der Waals surface area contributed by atoms with Gasteiger partial charge in [-0.2, -0.15) is 5.10 Å². The predicted molar refractivity (Wildman–Crippen MR) is 101 cm³/mol. The lowest BCUT2D eigenvalue weighted by Crippen LogP contribution is -2.13. The van der Waals surface area contributed by atoms with Gasteiger partial charge < -0.3 is 4.74 Å². The molecular weight excluding hydrogens is 312 g/mol. The minimum atomic E-state index is -0.189. The van der Waals surface area contributed by atoms with Crippen molar-refractivity contribution in [1.29, 1.82) is 0 Å². The number of hydrogen-bond donors (Lipinski definition) is 0. The van der Waals surface area contributed by atoms with Crippen LogP contribution in [0.15, 0.2) is 30.3 Å². The highest BCUT2D eigenvalue weighted by Crippen LogP contribution is 2.28. The molecule has 0 aliphatic rings. The number of carbonyl (C=O) groups is 1. The quantitative estimate of drug-likeness (QED) is 0.503. The Kier molecular flexibility index (Phi) is 6.40. The highest BCUT2D eigenvalue weighted by molar-refractivity contribution is 5.72. The highest BCUT2D eigenvalue weighted by Gasteiger charge is 2.22. The molecule has 0 N–H and O–H groups in total. The molecule has 0 bridgehead atoms. The first-order valence-electron chi connectivity index (χ1n) is 9.19. The Morgan fingerprint density at radius 2 is 1.92 bits per heavy atom. The number of unbranched alkanes of at least 4 members (excludes halogenated alkanes) is 3. The molecule has 25 heavy (non-hydrogen) atoms. The van der Waals surface area contributed by atoms with Crippen molar-refractivity contribution in [3.8, 4) is 11.6 Å². The zero-order valence-corrected chi connectivity index (χ0v) is 16.1. The van der Waals surface area contributed by atoms with Crippen LogP contribution in [0.1, 0.15) is 71.1 Å². The molecule has 0 atom stereocenters. The number of aromatic nitrogens is 2. The number of rotatable bonds is 7. The van der Waals surface area contributed by atoms with Gasteiger partial charge in [-0.3, -0.25) is 4.79 Å². The lowest BCUT2D eigenvalue weighted by atomic mass is 9.93. The maximum atomic E-state index is 12.2. The van der Waals surface area contributed by atoms with Crippen molar-refractivity contribution in [2.24, 2.45) is 0 Å². The first-order valence-corrected chi connectivity index (χ1v) is 9.19. The van der Waals surface area contributed by atoms with Crippen LogP contribution < -0.4 is 4.74 Å². The van der Waals surface area contributed by atoms with E-state index in [-0.39, 0.29) is 11.4 Å². The second kappa shape index (κ2) is 8.32. The van der Waals surface area contributed by atoms with Crippen molar-refractivity contribution in [1.82, 2.24) is 9.78 Å². The van der Waals surface area contributed by atoms with Crippen LogP contribution in [0.25, 0.3) is 5.69 Å². The maximum absolute atomic E-state index is 12.2. The largest absolute Gasteiger partial charge is 0.407 e. The average Bonchev–Trinajstić information content (AvgIpc) is 2.95. The summed E-state index contributed by atoms with van der Waals surface area (Å²) in [6, 6.07) is 9.92. The van der Waals surface area contributed by atoms with Gasteiger partial charge in [0, 0.05) is 17.9 Å². The lowest BCUT2D eigenvalue weighted by Gasteiger charge is -2.14. The van der Waals surface area contributed by atoms with Crippen molar-refractivity contribution >= 4 is 5.97 Å². The van der Waals surface area contributed by atoms with Crippen molar-refractivity contribution in [2.75, 3.05) is 0 Å². The summed E-state index contributed by atoms with van der Waals surface area (Å²) in [5, 5.41) is 4.70. The average molecular weight is 342 g/mol. The summed E-state index contributed by atoms with van der Waals surface area (Å²) in [6.45, 7) is 10.5. The molecule has 0 unspecified atom stereocenters. The van der Waals surface area contributed by atoms with Gasteiger partial charge in [-0.1, -0.05) is 59.1 Å². The summed E-state index contributed by atoms with van der Waals surface area (Å²) >= 11 is 0. The maximum Gasteiger partial charge on any atom is 0.312 e. The molecular formula is C21H30N2O2. The van der Waals surface area contributed by atoms with Crippen molar-refractivity contribution < 1.29 is 9.53 Å². The molecule has 0 radical (unpaired) electrons. The Morgan fingerprint density at radius 1 is 1.16 bits per heavy atom. The molecule has 0 amide bonds. The van der Waals surface area contributed by atoms with Gasteiger partial charge in [-0.15, -0.1) is 0 Å². The minimum Gasteiger partial charge on any atom is -0.407 e. The Morgan fingerprint density at radius 3 is 2.56 bits per heavy atom. The number of carbonyl (C=O) groups excluding carboxylic acids is 1. The van der Waals surface area contributed by atoms with E-state index in [1.165, 1.54) is 0 Å². The van der Waals surface area contributed by atoms with Gasteiger partial charge in [0.25, 0.3) is 0 Å². The van der Waals surface area contributed by atoms with E-state index in [1.807, 2.05) is 37.3 Å². The van der Waals surface area contributed by atoms with Crippen molar-refractivity contribution in [2.45, 2.75) is 72.1 Å². The summed E-state index contributed by atoms with van der Waals surface area (Å²) in [7, 11) is 0. The van der Waals surface area contributed by atoms with E-state index in [2.05, 4.69) is 27.7 Å². The van der Waals surface area contributed by atoms with Crippen molar-refractivity contribution in [3.63, 3.8) is 0 Å². The molecule has 1 aromatic carbocycles. The molecule has 136 valence electrons. The van der Waals surface area contributed by atoms with E-state index >= 15 is 0 Å². The zero-order valence-electron chi connectivity index (χ0n) is 16.1. The molecule has 1 heterocycles. The molecule has 2 aromatic rings. The minimum absolute atomic E-state index is 0.114. The number of benzene rings is 1. The van der Waals surface area contributed by atoms with Gasteiger partial charge in [0.05, 0.1) is 11.4 Å². The Balaban J connectivity index is 2.23. The Hall–Kier alpha value is -2.10. The molecule has 0 saturated heterocycles. The van der Waals surface area contributed by atoms with E-state index in [9.17, 15) is 4.79 Å². The molecule has 2 rings (SSSR count). The number of ether oxygens (including phenoxy) is 1. The monoisotopic (exact) mass is 342 g/mol. The third kappa shape index (κ3) is 5.45. The van der Waals surface area contributed by atoms with Gasteiger partial charge >= 0.3 is 5.97 Å². The van der Waals surface area contributed by atoms with E-state index in [0.717, 1.165) is 42.6 Å². The SMILES string of the molecule is CCCCCCC(=O)Oc1cc(C(C)(C)C)nn1-c1cccc(C)c1. The van der Waals surface area contributed by atoms with E-state index in [4.69, 9.17) is 9.84 Å². The van der Waals surface area contributed by atoms with E-state index < -0.39 is 0 Å². The van der Waals surface area contributed by atoms with Crippen molar-refractivity contribution in [3.05, 3.63) is 41.6 Å². The van der Waals surface area contributed by atoms with Crippen LogP contribution in [-0.4, -0.2) is 15.7 Å². The van der Waals surface area contributed by atoms with Crippen LogP contribution in [0.5, 0.6) is 5.88 Å². The third-order valence-electron chi connectivity index (χ3n) is 4.14. The van der Waals surface area contributed by atoms with Crippen LogP contribution in [0.4, 0.5) is 0 Å². The Labute approximate surface area is 151 Å². The Bertz CT molecular complexity index is 711. The first-order chi connectivity index (χ1) is 11.8. The van der Waals surface area contributed by atoms with Crippen LogP contribution in [-0.2, 0) is 10.2 Å². The van der Waals surface area contributed by atoms with Gasteiger partial charge in [0.2, 0.25) is 5.88 Å². The fraction of sp³-hybridized carbons (Fsp3) is 0.524. The summed E-state index contributed by atoms with van der Waals surface area (Å²) in [4.78, 5) is 12.2. The summed E-state index contributed by atoms with van der Waals surface area (Å²) in [5.41, 5.74) is 2.84. The summed E-state index contributed by atoms with van der Waals surface area (Å²) in [5.74, 6) is 0.307. The molecule has 0 aliphatic heterocycles. The number of aryl methyl sites for hydroxylation is 1. The van der Waals surface area contributed by atoms with Gasteiger partial charge in [-0.25, -0.2) is 4.68 Å². The van der Waals surface area contributed by atoms with Crippen LogP contribution >= 0.6 is 0 Å². The molecule has 0 aliphatic carbocycles. The van der Waals surface area contributed by atoms with E-state index in [0.29, 0.717) is 12.3 Å². The number of esters is 1. The van der Waals surface area contributed by atoms with Crippen LogP contribution in [0.2, 0.25) is 0 Å². The van der Waals surface area contributed by atoms with E-state index in [1.54, 1.807) is 4.68 Å². The fourth-order valence-corrected chi connectivity index (χ4v) is 2.61. The summed E-state index contributed by atoms with van der Waals surface area (Å²) in [6.07, 6.45) is 4.70. The van der Waals surface area contributed by atoms with Gasteiger partial charge in [-0.05, 0) is 31.0 Å². The standard InChI is InChI=1S/C21H30N2O2/c1-6-7-8-9-13-20(24)25-19-15-18(21(3,4)5)22-23(19)17-12-10-11-16(2)14-17/h10-12,14-15H,6-9,13H2,1-5H3. The predicted octanol–water partition coefficient (Wildman–Crippen LogP) is 5.35.